The monoisotopic (exact) mass is 220 g/mol. The Morgan fingerprint density at radius 1 is 1.14 bits per heavy atom. The smallest absolute Gasteiger partial charge is 0.219 e. The second-order valence-corrected chi connectivity index (χ2v) is 3.01. The van der Waals surface area contributed by atoms with Gasteiger partial charge < -0.3 is 10.6 Å². The van der Waals surface area contributed by atoms with Gasteiger partial charge in [0.15, 0.2) is 0 Å². The van der Waals surface area contributed by atoms with Crippen LogP contribution in [-0.4, -0.2) is 24.0 Å². The number of thiocarbonyl (C=S) groups is 1. The molecule has 0 unspecified atom stereocenters. The van der Waals surface area contributed by atoms with E-state index in [1.54, 1.807) is 0 Å². The topological polar surface area (TPSA) is 41.1 Å². The standard InChI is InChI=1S/C5H11NO.C4H9NS.CH4/c1-3-5(7)6-4-2;1-3-5-4(2)6;/h3-4H2,1-2H3,(H,6,7);3H2,1-2H3,(H,5,6);1H4. The number of hydrogen-bond acceptors (Lipinski definition) is 2. The molecule has 0 aromatic rings. The zero-order valence-corrected chi connectivity index (χ0v) is 9.75. The zero-order valence-electron chi connectivity index (χ0n) is 8.94. The first kappa shape index (κ1) is 19.0. The fourth-order valence-corrected chi connectivity index (χ4v) is 0.715. The van der Waals surface area contributed by atoms with Crippen molar-refractivity contribution in [1.29, 1.82) is 0 Å². The Morgan fingerprint density at radius 2 is 1.57 bits per heavy atom. The van der Waals surface area contributed by atoms with Gasteiger partial charge in [-0.05, 0) is 20.8 Å². The maximum absolute atomic E-state index is 10.3. The molecule has 0 saturated heterocycles. The van der Waals surface area contributed by atoms with Gasteiger partial charge in [-0.1, -0.05) is 26.6 Å². The van der Waals surface area contributed by atoms with E-state index >= 15 is 0 Å². The Hall–Kier alpha value is -0.640. The molecule has 0 aromatic heterocycles. The minimum absolute atomic E-state index is 0. The average Bonchev–Trinajstić information content (AvgIpc) is 2.05. The van der Waals surface area contributed by atoms with E-state index in [1.165, 1.54) is 0 Å². The molecule has 86 valence electrons. The van der Waals surface area contributed by atoms with Crippen LogP contribution >= 0.6 is 12.2 Å². The van der Waals surface area contributed by atoms with Crippen LogP contribution in [0.4, 0.5) is 0 Å². The van der Waals surface area contributed by atoms with Crippen LogP contribution in [0.3, 0.4) is 0 Å². The highest BCUT2D eigenvalue weighted by atomic mass is 32.1. The molecule has 3 nitrogen and oxygen atoms in total. The van der Waals surface area contributed by atoms with Gasteiger partial charge in [-0.15, -0.1) is 0 Å². The highest BCUT2D eigenvalue weighted by Gasteiger charge is 1.88. The molecule has 1 amide bonds. The predicted molar refractivity (Wildman–Crippen MR) is 67.7 cm³/mol. The van der Waals surface area contributed by atoms with Crippen LogP contribution in [0.25, 0.3) is 0 Å². The molecular formula is C10H24N2OS. The summed E-state index contributed by atoms with van der Waals surface area (Å²) in [5, 5.41) is 5.60. The number of hydrogen-bond donors (Lipinski definition) is 2. The number of carbonyl (C=O) groups is 1. The first-order chi connectivity index (χ1) is 6.08. The summed E-state index contributed by atoms with van der Waals surface area (Å²) >= 11 is 4.68. The van der Waals surface area contributed by atoms with Gasteiger partial charge >= 0.3 is 0 Å². The molecule has 0 atom stereocenters. The molecule has 0 rings (SSSR count). The van der Waals surface area contributed by atoms with E-state index in [4.69, 9.17) is 0 Å². The lowest BCUT2D eigenvalue weighted by Gasteiger charge is -1.93. The van der Waals surface area contributed by atoms with Gasteiger partial charge in [-0.2, -0.15) is 0 Å². The summed E-state index contributed by atoms with van der Waals surface area (Å²) in [6, 6.07) is 0. The quantitative estimate of drug-likeness (QED) is 0.716. The summed E-state index contributed by atoms with van der Waals surface area (Å²) in [6.45, 7) is 9.33. The van der Waals surface area contributed by atoms with Crippen molar-refractivity contribution >= 4 is 23.1 Å². The van der Waals surface area contributed by atoms with Gasteiger partial charge in [0.1, 0.15) is 0 Å². The molecule has 0 bridgehead atoms. The van der Waals surface area contributed by atoms with E-state index in [-0.39, 0.29) is 13.3 Å². The Balaban J connectivity index is -0.000000163. The van der Waals surface area contributed by atoms with Crippen molar-refractivity contribution < 1.29 is 4.79 Å². The molecule has 0 fully saturated rings. The average molecular weight is 220 g/mol. The van der Waals surface area contributed by atoms with Crippen LogP contribution in [-0.2, 0) is 4.79 Å². The Labute approximate surface area is 93.7 Å². The summed E-state index contributed by atoms with van der Waals surface area (Å²) in [5.74, 6) is 0.127. The minimum atomic E-state index is 0. The van der Waals surface area contributed by atoms with Gasteiger partial charge in [-0.25, -0.2) is 0 Å². The van der Waals surface area contributed by atoms with Crippen LogP contribution in [0.15, 0.2) is 0 Å². The number of rotatable bonds is 3. The van der Waals surface area contributed by atoms with E-state index in [9.17, 15) is 4.79 Å². The summed E-state index contributed by atoms with van der Waals surface area (Å²) in [4.78, 5) is 11.2. The maximum Gasteiger partial charge on any atom is 0.219 e. The molecule has 4 heteroatoms. The molecule has 0 aliphatic heterocycles. The molecule has 0 saturated carbocycles. The van der Waals surface area contributed by atoms with Crippen LogP contribution in [0.1, 0.15) is 41.5 Å². The van der Waals surface area contributed by atoms with Crippen LogP contribution < -0.4 is 10.6 Å². The maximum atomic E-state index is 10.3. The van der Waals surface area contributed by atoms with Crippen molar-refractivity contribution in [3.05, 3.63) is 0 Å². The second kappa shape index (κ2) is 14.9. The van der Waals surface area contributed by atoms with Crippen molar-refractivity contribution in [2.24, 2.45) is 0 Å². The largest absolute Gasteiger partial charge is 0.380 e. The van der Waals surface area contributed by atoms with E-state index in [1.807, 2.05) is 27.7 Å². The van der Waals surface area contributed by atoms with Gasteiger partial charge in [-0.3, -0.25) is 4.79 Å². The third kappa shape index (κ3) is 22.5. The minimum Gasteiger partial charge on any atom is -0.380 e. The third-order valence-corrected chi connectivity index (χ3v) is 1.27. The van der Waals surface area contributed by atoms with Crippen molar-refractivity contribution in [2.45, 2.75) is 41.5 Å². The summed E-state index contributed by atoms with van der Waals surface area (Å²) in [6.07, 6.45) is 0.591. The summed E-state index contributed by atoms with van der Waals surface area (Å²) < 4.78 is 0. The van der Waals surface area contributed by atoms with Gasteiger partial charge in [0.2, 0.25) is 5.91 Å². The first-order valence-electron chi connectivity index (χ1n) is 4.59. The van der Waals surface area contributed by atoms with Gasteiger partial charge in [0.05, 0.1) is 4.99 Å². The summed E-state index contributed by atoms with van der Waals surface area (Å²) in [7, 11) is 0. The normalized spacial score (nSPS) is 7.43. The number of amides is 1. The Morgan fingerprint density at radius 3 is 1.64 bits per heavy atom. The molecule has 0 heterocycles. The molecule has 0 aromatic carbocycles. The fourth-order valence-electron chi connectivity index (χ4n) is 0.571. The van der Waals surface area contributed by atoms with Crippen LogP contribution in [0.5, 0.6) is 0 Å². The highest BCUT2D eigenvalue weighted by Crippen LogP contribution is 1.70. The van der Waals surface area contributed by atoms with E-state index in [0.717, 1.165) is 18.1 Å². The van der Waals surface area contributed by atoms with Crippen molar-refractivity contribution in [3.63, 3.8) is 0 Å². The van der Waals surface area contributed by atoms with Crippen LogP contribution in [0.2, 0.25) is 0 Å². The van der Waals surface area contributed by atoms with Gasteiger partial charge in [0, 0.05) is 19.5 Å². The highest BCUT2D eigenvalue weighted by molar-refractivity contribution is 7.80. The molecule has 2 N–H and O–H groups in total. The SMILES string of the molecule is C.CCNC(=O)CC.CCNC(C)=S. The molecule has 0 spiro atoms. The predicted octanol–water partition coefficient (Wildman–Crippen LogP) is 2.11. The first-order valence-corrected chi connectivity index (χ1v) is 5.00. The molecule has 0 aliphatic carbocycles. The van der Waals surface area contributed by atoms with Gasteiger partial charge in [0.25, 0.3) is 0 Å². The van der Waals surface area contributed by atoms with Crippen molar-refractivity contribution in [2.75, 3.05) is 13.1 Å². The number of nitrogens with one attached hydrogen (secondary N) is 2. The lowest BCUT2D eigenvalue weighted by Crippen LogP contribution is -2.20. The molecule has 0 aliphatic rings. The van der Waals surface area contributed by atoms with Crippen molar-refractivity contribution in [1.82, 2.24) is 10.6 Å². The summed E-state index contributed by atoms with van der Waals surface area (Å²) in [5.41, 5.74) is 0. The van der Waals surface area contributed by atoms with Crippen molar-refractivity contribution in [3.8, 4) is 0 Å². The van der Waals surface area contributed by atoms with E-state index in [2.05, 4.69) is 22.9 Å². The lowest BCUT2D eigenvalue weighted by atomic mass is 10.4. The van der Waals surface area contributed by atoms with E-state index < -0.39 is 0 Å². The zero-order chi connectivity index (χ0) is 10.7. The molecular weight excluding hydrogens is 196 g/mol. The molecule has 0 radical (unpaired) electrons. The van der Waals surface area contributed by atoms with Crippen LogP contribution in [0, 0.1) is 0 Å². The Kier molecular flexibility index (Phi) is 20.2. The molecule has 14 heavy (non-hydrogen) atoms. The third-order valence-electron chi connectivity index (χ3n) is 1.12. The lowest BCUT2D eigenvalue weighted by molar-refractivity contribution is -0.120. The fraction of sp³-hybridized carbons (Fsp3) is 0.800. The van der Waals surface area contributed by atoms with E-state index in [0.29, 0.717) is 6.42 Å². The number of carbonyl (C=O) groups excluding carboxylic acids is 1. The Bertz CT molecular complexity index is 149. The second-order valence-electron chi connectivity index (χ2n) is 2.39.